The monoisotopic (exact) mass is 453 g/mol. The van der Waals surface area contributed by atoms with E-state index in [2.05, 4.69) is 10.4 Å². The van der Waals surface area contributed by atoms with Crippen LogP contribution in [0.1, 0.15) is 29.6 Å². The fourth-order valence-corrected chi connectivity index (χ4v) is 4.11. The zero-order valence-electron chi connectivity index (χ0n) is 18.6. The molecular weight excluding hydrogens is 425 g/mol. The number of piperidine rings is 1. The molecule has 1 aliphatic rings. The van der Waals surface area contributed by atoms with Crippen LogP contribution in [0.25, 0.3) is 11.5 Å². The first kappa shape index (κ1) is 22.7. The minimum atomic E-state index is -0.343. The summed E-state index contributed by atoms with van der Waals surface area (Å²) in [6, 6.07) is 9.68. The van der Waals surface area contributed by atoms with Gasteiger partial charge in [-0.25, -0.2) is 9.07 Å². The molecule has 0 bridgehead atoms. The molecule has 0 aliphatic carbocycles. The van der Waals surface area contributed by atoms with Gasteiger partial charge in [0, 0.05) is 45.7 Å². The van der Waals surface area contributed by atoms with Crippen LogP contribution in [-0.4, -0.2) is 64.4 Å². The Labute approximate surface area is 191 Å². The van der Waals surface area contributed by atoms with Crippen LogP contribution < -0.4 is 5.32 Å². The number of nitrogens with one attached hydrogen (secondary N) is 1. The Morgan fingerprint density at radius 1 is 1.21 bits per heavy atom. The van der Waals surface area contributed by atoms with Gasteiger partial charge in [-0.1, -0.05) is 0 Å². The van der Waals surface area contributed by atoms with Crippen LogP contribution in [-0.2, 0) is 9.53 Å². The van der Waals surface area contributed by atoms with E-state index >= 15 is 0 Å². The van der Waals surface area contributed by atoms with Gasteiger partial charge in [-0.2, -0.15) is 5.10 Å². The van der Waals surface area contributed by atoms with Crippen molar-refractivity contribution in [3.05, 3.63) is 66.4 Å². The third-order valence-electron chi connectivity index (χ3n) is 5.80. The van der Waals surface area contributed by atoms with Crippen LogP contribution in [0, 0.1) is 11.7 Å². The maximum Gasteiger partial charge on any atom is 0.259 e. The number of rotatable bonds is 8. The highest BCUT2D eigenvalue weighted by atomic mass is 19.1. The van der Waals surface area contributed by atoms with Gasteiger partial charge >= 0.3 is 0 Å². The van der Waals surface area contributed by atoms with Gasteiger partial charge in [0.25, 0.3) is 5.91 Å². The topological polar surface area (TPSA) is 81.4 Å². The highest BCUT2D eigenvalue weighted by Gasteiger charge is 2.31. The van der Waals surface area contributed by atoms with Crippen LogP contribution in [0.2, 0.25) is 0 Å². The zero-order chi connectivity index (χ0) is 23.2. The Bertz CT molecular complexity index is 1080. The molecule has 33 heavy (non-hydrogen) atoms. The van der Waals surface area contributed by atoms with Gasteiger partial charge in [0.15, 0.2) is 5.82 Å². The number of nitrogens with zero attached hydrogens (tertiary/aromatic N) is 4. The van der Waals surface area contributed by atoms with Crippen molar-refractivity contribution in [3.63, 3.8) is 0 Å². The molecule has 0 saturated carbocycles. The van der Waals surface area contributed by atoms with Crippen molar-refractivity contribution in [2.45, 2.75) is 19.3 Å². The summed E-state index contributed by atoms with van der Waals surface area (Å²) < 4.78 is 21.9. The number of ether oxygens (including phenoxy) is 1. The van der Waals surface area contributed by atoms with E-state index in [9.17, 15) is 14.0 Å². The fraction of sp³-hybridized carbons (Fsp3) is 0.375. The predicted octanol–water partition coefficient (Wildman–Crippen LogP) is 2.81. The van der Waals surface area contributed by atoms with E-state index in [1.165, 1.54) is 18.3 Å². The van der Waals surface area contributed by atoms with E-state index in [0.717, 1.165) is 19.3 Å². The average Bonchev–Trinajstić information content (AvgIpc) is 3.52. The molecule has 0 radical (unpaired) electrons. The molecule has 9 heteroatoms. The maximum absolute atomic E-state index is 13.5. The number of methoxy groups -OCH3 is 1. The normalized spacial score (nSPS) is 16.1. The van der Waals surface area contributed by atoms with Crippen LogP contribution in [0.15, 0.2) is 55.0 Å². The lowest BCUT2D eigenvalue weighted by atomic mass is 9.96. The number of carbonyl (C=O) groups is 2. The lowest BCUT2D eigenvalue weighted by molar-refractivity contribution is -0.126. The van der Waals surface area contributed by atoms with Crippen molar-refractivity contribution in [3.8, 4) is 11.5 Å². The van der Waals surface area contributed by atoms with Gasteiger partial charge in [-0.05, 0) is 55.7 Å². The molecule has 1 saturated heterocycles. The third kappa shape index (κ3) is 5.14. The van der Waals surface area contributed by atoms with Crippen molar-refractivity contribution < 1.29 is 18.7 Å². The number of aromatic nitrogens is 3. The molecule has 1 aliphatic heterocycles. The fourth-order valence-electron chi connectivity index (χ4n) is 4.11. The molecular formula is C24H28FN5O3. The highest BCUT2D eigenvalue weighted by molar-refractivity contribution is 5.97. The summed E-state index contributed by atoms with van der Waals surface area (Å²) >= 11 is 0. The summed E-state index contributed by atoms with van der Waals surface area (Å²) in [5.74, 6) is -0.222. The molecule has 1 N–H and O–H groups in total. The molecule has 8 nitrogen and oxygen atoms in total. The Kier molecular flexibility index (Phi) is 7.19. The van der Waals surface area contributed by atoms with E-state index < -0.39 is 0 Å². The molecule has 2 amide bonds. The quantitative estimate of drug-likeness (QED) is 0.532. The lowest BCUT2D eigenvalue weighted by Gasteiger charge is -2.32. The van der Waals surface area contributed by atoms with Crippen LogP contribution >= 0.6 is 0 Å². The number of carbonyl (C=O) groups excluding carboxylic acids is 2. The average molecular weight is 454 g/mol. The summed E-state index contributed by atoms with van der Waals surface area (Å²) in [4.78, 5) is 27.9. The van der Waals surface area contributed by atoms with E-state index in [1.54, 1.807) is 28.8 Å². The molecule has 1 unspecified atom stereocenters. The summed E-state index contributed by atoms with van der Waals surface area (Å²) in [6.45, 7) is 2.09. The predicted molar refractivity (Wildman–Crippen MR) is 121 cm³/mol. The largest absolute Gasteiger partial charge is 0.385 e. The first-order chi connectivity index (χ1) is 16.1. The van der Waals surface area contributed by atoms with Gasteiger partial charge < -0.3 is 19.5 Å². The Balaban J connectivity index is 1.55. The summed E-state index contributed by atoms with van der Waals surface area (Å²) in [5.41, 5.74) is 1.07. The van der Waals surface area contributed by atoms with Crippen molar-refractivity contribution in [1.29, 1.82) is 0 Å². The molecule has 1 atom stereocenters. The highest BCUT2D eigenvalue weighted by Crippen LogP contribution is 2.24. The number of amides is 2. The van der Waals surface area contributed by atoms with E-state index in [-0.39, 0.29) is 23.5 Å². The lowest BCUT2D eigenvalue weighted by Crippen LogP contribution is -2.45. The second-order valence-electron chi connectivity index (χ2n) is 8.09. The summed E-state index contributed by atoms with van der Waals surface area (Å²) in [7, 11) is 1.63. The molecule has 3 aromatic rings. The minimum absolute atomic E-state index is 0.0313. The Morgan fingerprint density at radius 2 is 1.97 bits per heavy atom. The van der Waals surface area contributed by atoms with Crippen molar-refractivity contribution in [1.82, 2.24) is 24.6 Å². The summed E-state index contributed by atoms with van der Waals surface area (Å²) in [5, 5.41) is 7.38. The van der Waals surface area contributed by atoms with Gasteiger partial charge in [-0.3, -0.25) is 9.59 Å². The molecule has 3 heterocycles. The molecule has 2 aromatic heterocycles. The molecule has 174 valence electrons. The van der Waals surface area contributed by atoms with Gasteiger partial charge in [-0.15, -0.1) is 0 Å². The first-order valence-electron chi connectivity index (χ1n) is 11.1. The maximum atomic E-state index is 13.5. The zero-order valence-corrected chi connectivity index (χ0v) is 18.6. The third-order valence-corrected chi connectivity index (χ3v) is 5.80. The standard InChI is InChI=1S/C24H28FN5O3/c1-33-15-5-11-26-22(31)18-6-4-14-29(17-18)24(32)21-16-27-30(20-9-7-19(25)8-10-20)23(21)28-12-2-3-13-28/h2-3,7-10,12-13,16,18H,4-6,11,14-15,17H2,1H3,(H,26,31). The van der Waals surface area contributed by atoms with Crippen LogP contribution in [0.4, 0.5) is 4.39 Å². The minimum Gasteiger partial charge on any atom is -0.385 e. The van der Waals surface area contributed by atoms with Gasteiger partial charge in [0.1, 0.15) is 11.4 Å². The second kappa shape index (κ2) is 10.4. The first-order valence-corrected chi connectivity index (χ1v) is 11.1. The number of likely N-dealkylation sites (tertiary alicyclic amines) is 1. The van der Waals surface area contributed by atoms with E-state index in [4.69, 9.17) is 4.74 Å². The number of hydrogen-bond acceptors (Lipinski definition) is 4. The van der Waals surface area contributed by atoms with E-state index in [0.29, 0.717) is 43.3 Å². The van der Waals surface area contributed by atoms with E-state index in [1.807, 2.05) is 29.1 Å². The molecule has 1 fully saturated rings. The molecule has 4 rings (SSSR count). The Hall–Kier alpha value is -3.46. The number of benzene rings is 1. The van der Waals surface area contributed by atoms with Crippen LogP contribution in [0.5, 0.6) is 0 Å². The van der Waals surface area contributed by atoms with Crippen molar-refractivity contribution >= 4 is 11.8 Å². The number of halogens is 1. The van der Waals surface area contributed by atoms with Gasteiger partial charge in [0.05, 0.1) is 17.8 Å². The SMILES string of the molecule is COCCCNC(=O)C1CCCN(C(=O)c2cnn(-c3ccc(F)cc3)c2-n2cccc2)C1. The summed E-state index contributed by atoms with van der Waals surface area (Å²) in [6.07, 6.45) is 7.46. The van der Waals surface area contributed by atoms with Crippen molar-refractivity contribution in [2.75, 3.05) is 33.4 Å². The number of hydrogen-bond donors (Lipinski definition) is 1. The van der Waals surface area contributed by atoms with Gasteiger partial charge in [0.2, 0.25) is 5.91 Å². The van der Waals surface area contributed by atoms with Crippen molar-refractivity contribution in [2.24, 2.45) is 5.92 Å². The Morgan fingerprint density at radius 3 is 2.70 bits per heavy atom. The molecule has 0 spiro atoms. The van der Waals surface area contributed by atoms with Crippen LogP contribution in [0.3, 0.4) is 0 Å². The molecule has 1 aromatic carbocycles. The smallest absolute Gasteiger partial charge is 0.259 e. The second-order valence-corrected chi connectivity index (χ2v) is 8.09.